The minimum absolute atomic E-state index is 0.0851. The van der Waals surface area contributed by atoms with E-state index >= 15 is 0 Å². The fourth-order valence-electron chi connectivity index (χ4n) is 3.09. The van der Waals surface area contributed by atoms with Crippen molar-refractivity contribution >= 4 is 23.0 Å². The van der Waals surface area contributed by atoms with Crippen LogP contribution in [0.5, 0.6) is 0 Å². The molecule has 0 saturated carbocycles. The number of anilines is 1. The molecular weight excluding hydrogens is 370 g/mol. The van der Waals surface area contributed by atoms with Gasteiger partial charge in [0.2, 0.25) is 0 Å². The van der Waals surface area contributed by atoms with E-state index in [-0.39, 0.29) is 12.3 Å². The van der Waals surface area contributed by atoms with Crippen LogP contribution in [0.1, 0.15) is 5.56 Å². The number of halogens is 1. The summed E-state index contributed by atoms with van der Waals surface area (Å²) in [7, 11) is 0. The Morgan fingerprint density at radius 1 is 1.07 bits per heavy atom. The average Bonchev–Trinajstić information content (AvgIpc) is 2.71. The molecule has 2 aromatic carbocycles. The molecule has 0 bridgehead atoms. The average molecular weight is 394 g/mol. The van der Waals surface area contributed by atoms with Crippen molar-refractivity contribution in [3.63, 3.8) is 0 Å². The lowest BCUT2D eigenvalue weighted by Crippen LogP contribution is -2.22. The third-order valence-corrected chi connectivity index (χ3v) is 4.90. The highest BCUT2D eigenvalue weighted by Gasteiger charge is 2.14. The largest absolute Gasteiger partial charge is 0.395 e. The molecule has 0 fully saturated rings. The first-order valence-electron chi connectivity index (χ1n) is 9.20. The summed E-state index contributed by atoms with van der Waals surface area (Å²) in [5.74, 6) is 0. The maximum atomic E-state index is 8.90. The van der Waals surface area contributed by atoms with Gasteiger partial charge in [0.1, 0.15) is 0 Å². The van der Waals surface area contributed by atoms with Crippen LogP contribution in [-0.2, 0) is 0 Å². The minimum atomic E-state index is 0.0851. The molecule has 4 N–H and O–H groups in total. The number of benzene rings is 2. The summed E-state index contributed by atoms with van der Waals surface area (Å²) >= 11 is 6.24. The van der Waals surface area contributed by atoms with Crippen LogP contribution in [0.25, 0.3) is 11.1 Å². The number of hydrogen-bond acceptors (Lipinski definition) is 4. The predicted octanol–water partition coefficient (Wildman–Crippen LogP) is 4.62. The fourth-order valence-corrected chi connectivity index (χ4v) is 3.34. The van der Waals surface area contributed by atoms with Crippen LogP contribution < -0.4 is 10.6 Å². The Morgan fingerprint density at radius 2 is 1.86 bits per heavy atom. The molecule has 0 saturated heterocycles. The Morgan fingerprint density at radius 3 is 2.61 bits per heavy atom. The van der Waals surface area contributed by atoms with Crippen molar-refractivity contribution in [3.05, 3.63) is 88.6 Å². The summed E-state index contributed by atoms with van der Waals surface area (Å²) in [6, 6.07) is 16.4. The second-order valence-corrected chi connectivity index (χ2v) is 6.98. The standard InChI is InChI=1S/C23H24ClN3O/c1-16-20(18-6-3-2-4-7-18)8-5-9-22(16)27-15-19-12-17(14-26-10-11-28)13-21(24)23(19)25/h2-9,12-13,15,25-28H,10-11,14H2,1H3/b19-15-,25-23?. The molecule has 0 heterocycles. The van der Waals surface area contributed by atoms with Crippen LogP contribution >= 0.6 is 11.6 Å². The van der Waals surface area contributed by atoms with E-state index < -0.39 is 0 Å². The molecule has 1 aliphatic rings. The molecule has 5 heteroatoms. The quantitative estimate of drug-likeness (QED) is 0.519. The third kappa shape index (κ3) is 4.78. The summed E-state index contributed by atoms with van der Waals surface area (Å²) in [5.41, 5.74) is 6.45. The number of rotatable bonds is 7. The first kappa shape index (κ1) is 20.1. The molecule has 2 aromatic rings. The Balaban J connectivity index is 1.83. The SMILES string of the molecule is Cc1c(N/C=C2/C=C(CNCCO)C=C(Cl)C2=N)cccc1-c1ccccc1. The summed E-state index contributed by atoms with van der Waals surface area (Å²) in [4.78, 5) is 0. The van der Waals surface area contributed by atoms with Crippen LogP contribution in [0, 0.1) is 12.3 Å². The van der Waals surface area contributed by atoms with E-state index in [9.17, 15) is 0 Å². The van der Waals surface area contributed by atoms with Crippen molar-refractivity contribution in [2.24, 2.45) is 0 Å². The Kier molecular flexibility index (Phi) is 6.82. The van der Waals surface area contributed by atoms with Crippen LogP contribution in [0.3, 0.4) is 0 Å². The smallest absolute Gasteiger partial charge is 0.0813 e. The summed E-state index contributed by atoms with van der Waals surface area (Å²) in [6.45, 7) is 3.27. The Bertz CT molecular complexity index is 946. The second kappa shape index (κ2) is 9.51. The van der Waals surface area contributed by atoms with Crippen LogP contribution in [0.15, 0.2) is 83.1 Å². The van der Waals surface area contributed by atoms with Gasteiger partial charge in [-0.2, -0.15) is 0 Å². The van der Waals surface area contributed by atoms with Gasteiger partial charge in [0.05, 0.1) is 17.4 Å². The van der Waals surface area contributed by atoms with Crippen molar-refractivity contribution in [3.8, 4) is 11.1 Å². The Labute approximate surface area is 170 Å². The van der Waals surface area contributed by atoms with Gasteiger partial charge in [0.25, 0.3) is 0 Å². The molecule has 0 radical (unpaired) electrons. The fraction of sp³-hybridized carbons (Fsp3) is 0.174. The van der Waals surface area contributed by atoms with Gasteiger partial charge in [-0.05, 0) is 47.4 Å². The van der Waals surface area contributed by atoms with Crippen LogP contribution in [-0.4, -0.2) is 30.5 Å². The summed E-state index contributed by atoms with van der Waals surface area (Å²) in [6.07, 6.45) is 5.54. The lowest BCUT2D eigenvalue weighted by Gasteiger charge is -2.16. The number of allylic oxidation sites excluding steroid dienone is 3. The number of hydrogen-bond donors (Lipinski definition) is 4. The normalized spacial score (nSPS) is 15.4. The highest BCUT2D eigenvalue weighted by Crippen LogP contribution is 2.29. The van der Waals surface area contributed by atoms with Gasteiger partial charge >= 0.3 is 0 Å². The van der Waals surface area contributed by atoms with E-state index in [2.05, 4.69) is 35.8 Å². The molecule has 144 valence electrons. The highest BCUT2D eigenvalue weighted by atomic mass is 35.5. The Hall–Kier alpha value is -2.66. The molecule has 0 aromatic heterocycles. The summed E-state index contributed by atoms with van der Waals surface area (Å²) < 4.78 is 0. The van der Waals surface area contributed by atoms with E-state index in [4.69, 9.17) is 22.1 Å². The lowest BCUT2D eigenvalue weighted by atomic mass is 9.98. The third-order valence-electron chi connectivity index (χ3n) is 4.60. The van der Waals surface area contributed by atoms with Gasteiger partial charge in [-0.25, -0.2) is 0 Å². The van der Waals surface area contributed by atoms with Gasteiger partial charge in [-0.1, -0.05) is 54.1 Å². The van der Waals surface area contributed by atoms with E-state index in [0.717, 1.165) is 22.4 Å². The van der Waals surface area contributed by atoms with Crippen LogP contribution in [0.4, 0.5) is 5.69 Å². The van der Waals surface area contributed by atoms with Crippen molar-refractivity contribution in [2.45, 2.75) is 6.92 Å². The zero-order chi connectivity index (χ0) is 19.9. The maximum Gasteiger partial charge on any atom is 0.0813 e. The van der Waals surface area contributed by atoms with Gasteiger partial charge < -0.3 is 15.7 Å². The molecule has 0 spiro atoms. The van der Waals surface area contributed by atoms with Gasteiger partial charge in [0.15, 0.2) is 0 Å². The maximum absolute atomic E-state index is 8.90. The number of aliphatic hydroxyl groups is 1. The molecule has 4 nitrogen and oxygen atoms in total. The molecule has 0 aliphatic heterocycles. The molecule has 28 heavy (non-hydrogen) atoms. The predicted molar refractivity (Wildman–Crippen MR) is 118 cm³/mol. The molecule has 3 rings (SSSR count). The molecule has 1 aliphatic carbocycles. The van der Waals surface area contributed by atoms with Crippen molar-refractivity contribution in [1.82, 2.24) is 5.32 Å². The van der Waals surface area contributed by atoms with Crippen molar-refractivity contribution in [1.29, 1.82) is 5.41 Å². The van der Waals surface area contributed by atoms with Crippen molar-refractivity contribution in [2.75, 3.05) is 25.0 Å². The molecule has 0 unspecified atom stereocenters. The van der Waals surface area contributed by atoms with Gasteiger partial charge in [0, 0.05) is 30.5 Å². The van der Waals surface area contributed by atoms with Gasteiger partial charge in [-0.3, -0.25) is 5.41 Å². The summed E-state index contributed by atoms with van der Waals surface area (Å²) in [5, 5.41) is 24.0. The highest BCUT2D eigenvalue weighted by molar-refractivity contribution is 6.46. The number of aliphatic hydroxyl groups excluding tert-OH is 1. The van der Waals surface area contributed by atoms with E-state index in [0.29, 0.717) is 18.1 Å². The minimum Gasteiger partial charge on any atom is -0.395 e. The molecule has 0 atom stereocenters. The lowest BCUT2D eigenvalue weighted by molar-refractivity contribution is 0.294. The topological polar surface area (TPSA) is 68.1 Å². The van der Waals surface area contributed by atoms with Crippen LogP contribution in [0.2, 0.25) is 0 Å². The second-order valence-electron chi connectivity index (χ2n) is 6.58. The monoisotopic (exact) mass is 393 g/mol. The first-order chi connectivity index (χ1) is 13.6. The molecular formula is C23H24ClN3O. The molecule has 0 amide bonds. The van der Waals surface area contributed by atoms with E-state index in [1.54, 1.807) is 6.08 Å². The first-order valence-corrected chi connectivity index (χ1v) is 9.58. The number of nitrogens with one attached hydrogen (secondary N) is 3. The van der Waals surface area contributed by atoms with E-state index in [1.165, 1.54) is 11.1 Å². The van der Waals surface area contributed by atoms with Gasteiger partial charge in [-0.15, -0.1) is 0 Å². The van der Waals surface area contributed by atoms with E-state index in [1.807, 2.05) is 42.6 Å². The zero-order valence-electron chi connectivity index (χ0n) is 15.8. The zero-order valence-corrected chi connectivity index (χ0v) is 16.6. The van der Waals surface area contributed by atoms with Crippen molar-refractivity contribution < 1.29 is 5.11 Å².